The van der Waals surface area contributed by atoms with Crippen LogP contribution in [0.4, 0.5) is 0 Å². The lowest BCUT2D eigenvalue weighted by atomic mass is 9.80. The van der Waals surface area contributed by atoms with Crippen LogP contribution in [0, 0.1) is 6.92 Å². The SMILES string of the molecule is Cc1ccc(C(C)C)cc1C(C)(C)CNCC(N)=O. The van der Waals surface area contributed by atoms with Crippen molar-refractivity contribution in [2.24, 2.45) is 5.73 Å². The van der Waals surface area contributed by atoms with Crippen LogP contribution in [0.5, 0.6) is 0 Å². The van der Waals surface area contributed by atoms with E-state index in [0.29, 0.717) is 5.92 Å². The molecule has 0 radical (unpaired) electrons. The Morgan fingerprint density at radius 1 is 1.37 bits per heavy atom. The fourth-order valence-corrected chi connectivity index (χ4v) is 2.32. The van der Waals surface area contributed by atoms with Gasteiger partial charge in [0.25, 0.3) is 0 Å². The Bertz CT molecular complexity index is 450. The van der Waals surface area contributed by atoms with Gasteiger partial charge in [0.1, 0.15) is 0 Å². The minimum absolute atomic E-state index is 0.0234. The maximum atomic E-state index is 10.8. The highest BCUT2D eigenvalue weighted by Crippen LogP contribution is 2.28. The molecule has 3 heteroatoms. The second kappa shape index (κ2) is 6.20. The Morgan fingerprint density at radius 2 is 2.00 bits per heavy atom. The van der Waals surface area contributed by atoms with E-state index in [-0.39, 0.29) is 17.9 Å². The van der Waals surface area contributed by atoms with Crippen molar-refractivity contribution >= 4 is 5.91 Å². The van der Waals surface area contributed by atoms with Gasteiger partial charge in [-0.3, -0.25) is 4.79 Å². The van der Waals surface area contributed by atoms with Crippen molar-refractivity contribution in [2.75, 3.05) is 13.1 Å². The first kappa shape index (κ1) is 15.7. The molecule has 0 atom stereocenters. The zero-order chi connectivity index (χ0) is 14.6. The number of hydrogen-bond acceptors (Lipinski definition) is 2. The van der Waals surface area contributed by atoms with Crippen molar-refractivity contribution in [2.45, 2.75) is 46.0 Å². The number of carbonyl (C=O) groups is 1. The maximum absolute atomic E-state index is 10.8. The summed E-state index contributed by atoms with van der Waals surface area (Å²) in [5.74, 6) is 0.206. The second-order valence-electron chi connectivity index (χ2n) is 6.18. The summed E-state index contributed by atoms with van der Waals surface area (Å²) in [6.45, 7) is 11.9. The van der Waals surface area contributed by atoms with Crippen molar-refractivity contribution in [1.29, 1.82) is 0 Å². The molecule has 0 aromatic heterocycles. The number of nitrogens with two attached hydrogens (primary N) is 1. The third kappa shape index (κ3) is 4.35. The number of aryl methyl sites for hydroxylation is 1. The first-order valence-corrected chi connectivity index (χ1v) is 6.84. The maximum Gasteiger partial charge on any atom is 0.231 e. The van der Waals surface area contributed by atoms with Gasteiger partial charge < -0.3 is 11.1 Å². The molecule has 0 heterocycles. The minimum atomic E-state index is -0.316. The van der Waals surface area contributed by atoms with Crippen molar-refractivity contribution < 1.29 is 4.79 Å². The van der Waals surface area contributed by atoms with Crippen LogP contribution in [0.1, 0.15) is 50.3 Å². The van der Waals surface area contributed by atoms with E-state index in [4.69, 9.17) is 5.73 Å². The van der Waals surface area contributed by atoms with E-state index in [1.54, 1.807) is 0 Å². The molecule has 1 aromatic rings. The fraction of sp³-hybridized carbons (Fsp3) is 0.562. The lowest BCUT2D eigenvalue weighted by Gasteiger charge is -2.28. The number of benzene rings is 1. The monoisotopic (exact) mass is 262 g/mol. The zero-order valence-corrected chi connectivity index (χ0v) is 12.7. The molecule has 0 aliphatic heterocycles. The number of primary amides is 1. The first-order chi connectivity index (χ1) is 8.74. The smallest absolute Gasteiger partial charge is 0.231 e. The Balaban J connectivity index is 2.92. The first-order valence-electron chi connectivity index (χ1n) is 6.84. The summed E-state index contributed by atoms with van der Waals surface area (Å²) in [7, 11) is 0. The van der Waals surface area contributed by atoms with Crippen molar-refractivity contribution in [1.82, 2.24) is 5.32 Å². The van der Waals surface area contributed by atoms with Gasteiger partial charge in [0.15, 0.2) is 0 Å². The molecule has 19 heavy (non-hydrogen) atoms. The van der Waals surface area contributed by atoms with Crippen LogP contribution < -0.4 is 11.1 Å². The van der Waals surface area contributed by atoms with Crippen LogP contribution in [0.2, 0.25) is 0 Å². The molecule has 3 nitrogen and oxygen atoms in total. The average molecular weight is 262 g/mol. The Kier molecular flexibility index (Phi) is 5.12. The number of nitrogens with one attached hydrogen (secondary N) is 1. The Labute approximate surface area is 116 Å². The van der Waals surface area contributed by atoms with Gasteiger partial charge in [-0.15, -0.1) is 0 Å². The van der Waals surface area contributed by atoms with Crippen LogP contribution in [0.15, 0.2) is 18.2 Å². The van der Waals surface area contributed by atoms with Gasteiger partial charge in [-0.25, -0.2) is 0 Å². The molecule has 1 aromatic carbocycles. The fourth-order valence-electron chi connectivity index (χ4n) is 2.32. The molecule has 0 bridgehead atoms. The van der Waals surface area contributed by atoms with Crippen LogP contribution in [0.25, 0.3) is 0 Å². The third-order valence-corrected chi connectivity index (χ3v) is 3.52. The molecular formula is C16H26N2O. The molecule has 0 saturated heterocycles. The number of carbonyl (C=O) groups excluding carboxylic acids is 1. The second-order valence-corrected chi connectivity index (χ2v) is 6.18. The molecule has 106 valence electrons. The van der Waals surface area contributed by atoms with E-state index in [9.17, 15) is 4.79 Å². The molecule has 3 N–H and O–H groups in total. The van der Waals surface area contributed by atoms with Crippen LogP contribution >= 0.6 is 0 Å². The van der Waals surface area contributed by atoms with Crippen LogP contribution in [-0.2, 0) is 10.2 Å². The van der Waals surface area contributed by atoms with Crippen molar-refractivity contribution in [3.8, 4) is 0 Å². The number of amides is 1. The number of rotatable bonds is 6. The van der Waals surface area contributed by atoms with E-state index in [1.807, 2.05) is 0 Å². The van der Waals surface area contributed by atoms with E-state index < -0.39 is 0 Å². The van der Waals surface area contributed by atoms with Crippen LogP contribution in [-0.4, -0.2) is 19.0 Å². The molecule has 1 rings (SSSR count). The predicted molar refractivity (Wildman–Crippen MR) is 80.4 cm³/mol. The van der Waals surface area contributed by atoms with Gasteiger partial charge in [0.2, 0.25) is 5.91 Å². The summed E-state index contributed by atoms with van der Waals surface area (Å²) in [6, 6.07) is 6.66. The minimum Gasteiger partial charge on any atom is -0.369 e. The molecule has 0 aliphatic rings. The quantitative estimate of drug-likeness (QED) is 0.827. The highest BCUT2D eigenvalue weighted by molar-refractivity contribution is 5.75. The Morgan fingerprint density at radius 3 is 2.53 bits per heavy atom. The summed E-state index contributed by atoms with van der Waals surface area (Å²) < 4.78 is 0. The van der Waals surface area contributed by atoms with Gasteiger partial charge in [-0.1, -0.05) is 45.9 Å². The van der Waals surface area contributed by atoms with E-state index in [2.05, 4.69) is 58.1 Å². The summed E-state index contributed by atoms with van der Waals surface area (Å²) in [4.78, 5) is 10.8. The van der Waals surface area contributed by atoms with Gasteiger partial charge in [0, 0.05) is 12.0 Å². The van der Waals surface area contributed by atoms with Gasteiger partial charge in [-0.2, -0.15) is 0 Å². The lowest BCUT2D eigenvalue weighted by Crippen LogP contribution is -2.38. The molecule has 0 saturated carbocycles. The third-order valence-electron chi connectivity index (χ3n) is 3.52. The molecule has 1 amide bonds. The molecule has 0 spiro atoms. The molecule has 0 unspecified atom stereocenters. The van der Waals surface area contributed by atoms with Crippen LogP contribution in [0.3, 0.4) is 0 Å². The van der Waals surface area contributed by atoms with E-state index in [1.165, 1.54) is 16.7 Å². The standard InChI is InChI=1S/C16H26N2O/c1-11(2)13-7-6-12(3)14(8-13)16(4,5)10-18-9-15(17)19/h6-8,11,18H,9-10H2,1-5H3,(H2,17,19). The largest absolute Gasteiger partial charge is 0.369 e. The number of hydrogen-bond donors (Lipinski definition) is 2. The predicted octanol–water partition coefficient (Wildman–Crippen LogP) is 2.47. The summed E-state index contributed by atoms with van der Waals surface area (Å²) in [5, 5.41) is 3.12. The molecular weight excluding hydrogens is 236 g/mol. The highest BCUT2D eigenvalue weighted by atomic mass is 16.1. The van der Waals surface area contributed by atoms with Crippen molar-refractivity contribution in [3.05, 3.63) is 34.9 Å². The zero-order valence-electron chi connectivity index (χ0n) is 12.7. The van der Waals surface area contributed by atoms with Gasteiger partial charge in [0.05, 0.1) is 6.54 Å². The summed E-state index contributed by atoms with van der Waals surface area (Å²) in [5.41, 5.74) is 9.10. The molecule has 0 aliphatic carbocycles. The van der Waals surface area contributed by atoms with Gasteiger partial charge in [-0.05, 0) is 29.5 Å². The Hall–Kier alpha value is -1.35. The lowest BCUT2D eigenvalue weighted by molar-refractivity contribution is -0.117. The summed E-state index contributed by atoms with van der Waals surface area (Å²) in [6.07, 6.45) is 0. The highest BCUT2D eigenvalue weighted by Gasteiger charge is 2.23. The van der Waals surface area contributed by atoms with Gasteiger partial charge >= 0.3 is 0 Å². The van der Waals surface area contributed by atoms with E-state index in [0.717, 1.165) is 6.54 Å². The molecule has 0 fully saturated rings. The topological polar surface area (TPSA) is 55.1 Å². The summed E-state index contributed by atoms with van der Waals surface area (Å²) >= 11 is 0. The van der Waals surface area contributed by atoms with Crippen molar-refractivity contribution in [3.63, 3.8) is 0 Å². The van der Waals surface area contributed by atoms with E-state index >= 15 is 0 Å². The normalized spacial score (nSPS) is 11.9. The average Bonchev–Trinajstić information content (AvgIpc) is 2.28.